The Morgan fingerprint density at radius 3 is 1.94 bits per heavy atom. The summed E-state index contributed by atoms with van der Waals surface area (Å²) in [5.41, 5.74) is 12.9. The van der Waals surface area contributed by atoms with Gasteiger partial charge in [0.1, 0.15) is 21.9 Å². The Hall–Kier alpha value is -3.74. The smallest absolute Gasteiger partial charge is 0.222 e. The van der Waals surface area contributed by atoms with Gasteiger partial charge in [-0.05, 0) is 28.1 Å². The lowest BCUT2D eigenvalue weighted by Gasteiger charge is -1.99. The summed E-state index contributed by atoms with van der Waals surface area (Å²) in [7, 11) is 3.48. The van der Waals surface area contributed by atoms with Crippen LogP contribution in [0.4, 0.5) is 20.7 Å². The summed E-state index contributed by atoms with van der Waals surface area (Å²) < 4.78 is 30.4. The Labute approximate surface area is 182 Å². The molecule has 1 aromatic carbocycles. The normalized spacial score (nSPS) is 11.0. The van der Waals surface area contributed by atoms with Gasteiger partial charge in [-0.25, -0.2) is 28.1 Å². The summed E-state index contributed by atoms with van der Waals surface area (Å²) in [5, 5.41) is 9.77. The van der Waals surface area contributed by atoms with Crippen molar-refractivity contribution >= 4 is 49.9 Å². The van der Waals surface area contributed by atoms with Crippen molar-refractivity contribution < 1.29 is 8.78 Å². The van der Waals surface area contributed by atoms with E-state index in [2.05, 4.69) is 46.1 Å². The van der Waals surface area contributed by atoms with Crippen molar-refractivity contribution in [3.63, 3.8) is 0 Å². The van der Waals surface area contributed by atoms with Gasteiger partial charge in [-0.3, -0.25) is 0 Å². The predicted molar refractivity (Wildman–Crippen MR) is 114 cm³/mol. The number of fused-ring (bicyclic) bond motifs is 2. The number of rotatable bonds is 1. The predicted octanol–water partition coefficient (Wildman–Crippen LogP) is 2.60. The van der Waals surface area contributed by atoms with E-state index in [9.17, 15) is 8.78 Å². The van der Waals surface area contributed by atoms with E-state index in [1.165, 1.54) is 23.0 Å². The molecular formula is C18H15BrF2N10. The number of anilines is 2. The van der Waals surface area contributed by atoms with Crippen molar-refractivity contribution in [3.05, 3.63) is 46.8 Å². The van der Waals surface area contributed by atoms with Gasteiger partial charge in [0.2, 0.25) is 11.9 Å². The summed E-state index contributed by atoms with van der Waals surface area (Å²) in [4.78, 5) is 15.8. The van der Waals surface area contributed by atoms with Crippen molar-refractivity contribution in [3.8, 4) is 11.3 Å². The second-order valence-corrected chi connectivity index (χ2v) is 7.23. The lowest BCUT2D eigenvalue weighted by Crippen LogP contribution is -1.97. The molecule has 0 amide bonds. The van der Waals surface area contributed by atoms with Crippen LogP contribution in [0.5, 0.6) is 0 Å². The summed E-state index contributed by atoms with van der Waals surface area (Å²) in [5.74, 6) is -0.944. The van der Waals surface area contributed by atoms with E-state index in [4.69, 9.17) is 11.5 Å². The van der Waals surface area contributed by atoms with Gasteiger partial charge in [0.05, 0.1) is 10.8 Å². The molecule has 31 heavy (non-hydrogen) atoms. The first kappa shape index (κ1) is 20.5. The van der Waals surface area contributed by atoms with E-state index in [1.54, 1.807) is 25.0 Å². The van der Waals surface area contributed by atoms with E-state index < -0.39 is 11.6 Å². The van der Waals surface area contributed by atoms with Crippen molar-refractivity contribution in [1.29, 1.82) is 0 Å². The molecule has 4 N–H and O–H groups in total. The highest BCUT2D eigenvalue weighted by atomic mass is 79.9. The lowest BCUT2D eigenvalue weighted by molar-refractivity contribution is 0.584. The third-order valence-corrected chi connectivity index (χ3v) is 4.87. The Balaban J connectivity index is 0.000000166. The number of hydrogen-bond donors (Lipinski definition) is 2. The number of aryl methyl sites for hydroxylation is 2. The van der Waals surface area contributed by atoms with Crippen molar-refractivity contribution in [2.24, 2.45) is 14.1 Å². The van der Waals surface area contributed by atoms with Crippen molar-refractivity contribution in [2.75, 3.05) is 11.5 Å². The van der Waals surface area contributed by atoms with Gasteiger partial charge < -0.3 is 11.5 Å². The maximum absolute atomic E-state index is 13.3. The van der Waals surface area contributed by atoms with Crippen LogP contribution in [0.3, 0.4) is 0 Å². The third-order valence-electron chi connectivity index (χ3n) is 4.29. The van der Waals surface area contributed by atoms with Crippen LogP contribution in [-0.2, 0) is 14.1 Å². The van der Waals surface area contributed by atoms with Crippen LogP contribution in [0.25, 0.3) is 33.3 Å². The second-order valence-electron chi connectivity index (χ2n) is 6.48. The molecule has 10 nitrogen and oxygen atoms in total. The summed E-state index contributed by atoms with van der Waals surface area (Å²) in [6.45, 7) is 0. The summed E-state index contributed by atoms with van der Waals surface area (Å²) >= 11 is 3.29. The molecule has 0 atom stereocenters. The molecular weight excluding hydrogens is 474 g/mol. The van der Waals surface area contributed by atoms with Crippen LogP contribution in [0.1, 0.15) is 0 Å². The summed E-state index contributed by atoms with van der Waals surface area (Å²) in [6.07, 6.45) is 3.14. The molecule has 5 rings (SSSR count). The maximum atomic E-state index is 13.3. The molecule has 0 fully saturated rings. The van der Waals surface area contributed by atoms with Crippen LogP contribution >= 0.6 is 15.9 Å². The van der Waals surface area contributed by atoms with E-state index in [1.807, 2.05) is 0 Å². The molecule has 4 heterocycles. The average molecular weight is 489 g/mol. The maximum Gasteiger partial charge on any atom is 0.222 e. The van der Waals surface area contributed by atoms with Gasteiger partial charge in [-0.2, -0.15) is 20.2 Å². The molecule has 0 bridgehead atoms. The number of benzene rings is 1. The van der Waals surface area contributed by atoms with Crippen LogP contribution < -0.4 is 11.5 Å². The minimum Gasteiger partial charge on any atom is -0.368 e. The summed E-state index contributed by atoms with van der Waals surface area (Å²) in [6, 6.07) is 3.23. The zero-order chi connectivity index (χ0) is 22.3. The van der Waals surface area contributed by atoms with E-state index in [0.29, 0.717) is 22.3 Å². The standard InChI is InChI=1S/C12H9F2N5.C6H6BrN5/c1-19-11-9(5-16-12(15)17-11)10(18-19)6-2-7(13)4-8(14)3-6;1-12-5-3(4(7)11-12)2-9-6(8)10-5/h2-5H,1H3,(H2,15,16,17);2H,1H3,(H2,8,9,10). The van der Waals surface area contributed by atoms with Crippen LogP contribution in [0.2, 0.25) is 0 Å². The molecule has 158 valence electrons. The third kappa shape index (κ3) is 3.99. The molecule has 0 saturated heterocycles. The van der Waals surface area contributed by atoms with E-state index in [-0.39, 0.29) is 11.9 Å². The van der Waals surface area contributed by atoms with Gasteiger partial charge >= 0.3 is 0 Å². The highest BCUT2D eigenvalue weighted by molar-refractivity contribution is 9.10. The Kier molecular flexibility index (Phi) is 5.19. The first-order chi connectivity index (χ1) is 14.7. The zero-order valence-corrected chi connectivity index (χ0v) is 17.8. The number of nitrogen functional groups attached to an aromatic ring is 2. The molecule has 0 radical (unpaired) electrons. The molecule has 4 aromatic heterocycles. The molecule has 0 aliphatic carbocycles. The number of aromatic nitrogens is 8. The Morgan fingerprint density at radius 1 is 0.806 bits per heavy atom. The topological polar surface area (TPSA) is 139 Å². The van der Waals surface area contributed by atoms with Crippen molar-refractivity contribution in [2.45, 2.75) is 0 Å². The first-order valence-electron chi connectivity index (χ1n) is 8.75. The zero-order valence-electron chi connectivity index (χ0n) is 16.3. The fourth-order valence-corrected chi connectivity index (χ4v) is 3.48. The Bertz CT molecular complexity index is 1410. The fraction of sp³-hybridized carbons (Fsp3) is 0.111. The van der Waals surface area contributed by atoms with Crippen molar-refractivity contribution in [1.82, 2.24) is 39.5 Å². The van der Waals surface area contributed by atoms with Gasteiger partial charge in [-0.1, -0.05) is 0 Å². The van der Waals surface area contributed by atoms with Gasteiger partial charge in [0.15, 0.2) is 11.3 Å². The van der Waals surface area contributed by atoms with E-state index >= 15 is 0 Å². The first-order valence-corrected chi connectivity index (χ1v) is 9.54. The van der Waals surface area contributed by atoms with Gasteiger partial charge in [-0.15, -0.1) is 0 Å². The van der Waals surface area contributed by atoms with Gasteiger partial charge in [0, 0.05) is 38.1 Å². The number of nitrogens with two attached hydrogens (primary N) is 2. The van der Waals surface area contributed by atoms with Crippen LogP contribution in [0.15, 0.2) is 35.2 Å². The average Bonchev–Trinajstić information content (AvgIpc) is 3.17. The number of nitrogens with zero attached hydrogens (tertiary/aromatic N) is 8. The molecule has 13 heteroatoms. The lowest BCUT2D eigenvalue weighted by atomic mass is 10.1. The molecule has 0 spiro atoms. The molecule has 0 unspecified atom stereocenters. The molecule has 5 aromatic rings. The second kappa shape index (κ2) is 7.83. The minimum absolute atomic E-state index is 0.118. The van der Waals surface area contributed by atoms with Crippen LogP contribution in [-0.4, -0.2) is 39.5 Å². The molecule has 0 aliphatic rings. The molecule has 0 aliphatic heterocycles. The highest BCUT2D eigenvalue weighted by Gasteiger charge is 2.14. The number of halogens is 3. The molecule has 0 saturated carbocycles. The van der Waals surface area contributed by atoms with Gasteiger partial charge in [0.25, 0.3) is 0 Å². The van der Waals surface area contributed by atoms with E-state index in [0.717, 1.165) is 21.7 Å². The fourth-order valence-electron chi connectivity index (χ4n) is 2.97. The Morgan fingerprint density at radius 2 is 1.32 bits per heavy atom. The SMILES string of the molecule is Cn1nc(-c2cc(F)cc(F)c2)c2cnc(N)nc21.Cn1nc(Br)c2cnc(N)nc21. The highest BCUT2D eigenvalue weighted by Crippen LogP contribution is 2.27. The quantitative estimate of drug-likeness (QED) is 0.366. The van der Waals surface area contributed by atoms with Crippen LogP contribution in [0, 0.1) is 11.6 Å². The monoisotopic (exact) mass is 488 g/mol. The minimum atomic E-state index is -0.662. The number of hydrogen-bond acceptors (Lipinski definition) is 8. The largest absolute Gasteiger partial charge is 0.368 e.